The fourth-order valence-electron chi connectivity index (χ4n) is 0.678. The van der Waals surface area contributed by atoms with E-state index >= 15 is 0 Å². The fraction of sp³-hybridized carbons (Fsp3) is 0.143. The molecule has 67 valence electrons. The number of hydrogen-bond donors (Lipinski definition) is 1. The Bertz CT molecular complexity index is 222. The molecule has 1 aromatic carbocycles. The molecular formula is C7H8Br2ErN. The van der Waals surface area contributed by atoms with Crippen molar-refractivity contribution < 1.29 is 25.7 Å². The SMILES string of the molecule is NCc1cc[c]([Er]([Br])[Br])cc1. The molecule has 2 N–H and O–H groups in total. The van der Waals surface area contributed by atoms with Gasteiger partial charge in [-0.3, -0.25) is 0 Å². The van der Waals surface area contributed by atoms with Gasteiger partial charge in [-0.05, 0) is 0 Å². The maximum atomic E-state index is 5.46. The summed E-state index contributed by atoms with van der Waals surface area (Å²) >= 11 is -0.976. The van der Waals surface area contributed by atoms with Crippen molar-refractivity contribution in [2.24, 2.45) is 5.73 Å². The predicted octanol–water partition coefficient (Wildman–Crippen LogP) is 2.01. The van der Waals surface area contributed by atoms with E-state index < -0.39 is 25.7 Å². The monoisotopic (exact) mass is 430 g/mol. The van der Waals surface area contributed by atoms with E-state index in [0.29, 0.717) is 6.54 Å². The van der Waals surface area contributed by atoms with Gasteiger partial charge in [0.25, 0.3) is 0 Å². The molecule has 1 rings (SSSR count). The average Bonchev–Trinajstić information content (AvgIpc) is 2.05. The molecule has 0 bridgehead atoms. The van der Waals surface area contributed by atoms with Crippen LogP contribution in [0.2, 0.25) is 0 Å². The van der Waals surface area contributed by atoms with Gasteiger partial charge in [-0.25, -0.2) is 0 Å². The summed E-state index contributed by atoms with van der Waals surface area (Å²) in [5, 5.41) is 0. The van der Waals surface area contributed by atoms with E-state index in [1.165, 1.54) is 7.29 Å². The predicted molar refractivity (Wildman–Crippen MR) is 51.8 cm³/mol. The Morgan fingerprint density at radius 3 is 2.09 bits per heavy atom. The Morgan fingerprint density at radius 1 is 1.18 bits per heavy atom. The first-order valence-electron chi connectivity index (χ1n) is 2.95. The summed E-state index contributed by atoms with van der Waals surface area (Å²) in [5.41, 5.74) is 6.65. The Morgan fingerprint density at radius 2 is 1.73 bits per heavy atom. The van der Waals surface area contributed by atoms with E-state index in [9.17, 15) is 0 Å². The molecular weight excluding hydrogens is 425 g/mol. The molecule has 0 atom stereocenters. The third kappa shape index (κ3) is 3.32. The molecule has 0 aliphatic rings. The summed E-state index contributed by atoms with van der Waals surface area (Å²) in [6, 6.07) is 8.36. The number of hydrogen-bond acceptors (Lipinski definition) is 1. The Kier molecular flexibility index (Phi) is 4.94. The minimum absolute atomic E-state index is 0.622. The van der Waals surface area contributed by atoms with E-state index in [4.69, 9.17) is 5.73 Å². The molecule has 0 unspecified atom stereocenters. The van der Waals surface area contributed by atoms with Crippen LogP contribution in [0.15, 0.2) is 24.3 Å². The molecule has 0 aliphatic carbocycles. The third-order valence-electron chi connectivity index (χ3n) is 1.25. The van der Waals surface area contributed by atoms with Gasteiger partial charge in [-0.1, -0.05) is 0 Å². The molecule has 0 aliphatic heterocycles. The van der Waals surface area contributed by atoms with E-state index in [2.05, 4.69) is 43.9 Å². The molecule has 0 spiro atoms. The molecule has 1 nitrogen and oxygen atoms in total. The molecule has 0 radical (unpaired) electrons. The number of nitrogens with two attached hydrogens (primary N) is 1. The Hall–Kier alpha value is 1.39. The standard InChI is InChI=1S/C7H8N.2BrH.Er/c8-6-7-4-2-1-3-5-7;;;/h2-5H,6,8H2;2*1H;/q;;;+2/p-2. The zero-order valence-electron chi connectivity index (χ0n) is 5.64. The topological polar surface area (TPSA) is 26.0 Å². The molecule has 0 saturated heterocycles. The van der Waals surface area contributed by atoms with Crippen LogP contribution in [0.5, 0.6) is 0 Å². The first kappa shape index (κ1) is 10.5. The Balaban J connectivity index is 2.83. The second-order valence-electron chi connectivity index (χ2n) is 1.93. The molecule has 11 heavy (non-hydrogen) atoms. The van der Waals surface area contributed by atoms with E-state index in [1.807, 2.05) is 0 Å². The van der Waals surface area contributed by atoms with Crippen LogP contribution in [-0.2, 0) is 6.54 Å². The van der Waals surface area contributed by atoms with Crippen LogP contribution in [0.25, 0.3) is 0 Å². The van der Waals surface area contributed by atoms with Crippen LogP contribution in [0, 0.1) is 25.7 Å². The van der Waals surface area contributed by atoms with Crippen LogP contribution in [-0.4, -0.2) is 0 Å². The van der Waals surface area contributed by atoms with Gasteiger partial charge in [-0.15, -0.1) is 0 Å². The first-order chi connectivity index (χ1) is 5.24. The van der Waals surface area contributed by atoms with Gasteiger partial charge in [0.2, 0.25) is 0 Å². The summed E-state index contributed by atoms with van der Waals surface area (Å²) < 4.78 is 1.35. The van der Waals surface area contributed by atoms with Crippen molar-refractivity contribution in [2.45, 2.75) is 6.54 Å². The summed E-state index contributed by atoms with van der Waals surface area (Å²) in [4.78, 5) is 0. The van der Waals surface area contributed by atoms with Crippen molar-refractivity contribution in [1.82, 2.24) is 0 Å². The van der Waals surface area contributed by atoms with Crippen LogP contribution >= 0.6 is 19.6 Å². The van der Waals surface area contributed by atoms with Gasteiger partial charge in [-0.2, -0.15) is 0 Å². The van der Waals surface area contributed by atoms with Gasteiger partial charge in [0, 0.05) is 0 Å². The molecule has 0 saturated carbocycles. The van der Waals surface area contributed by atoms with Gasteiger partial charge < -0.3 is 0 Å². The molecule has 0 fully saturated rings. The van der Waals surface area contributed by atoms with Crippen molar-refractivity contribution in [2.75, 3.05) is 0 Å². The number of rotatable bonds is 2. The second-order valence-corrected chi connectivity index (χ2v) is 15.3. The summed E-state index contributed by atoms with van der Waals surface area (Å²) in [7, 11) is 7.11. The molecule has 4 heteroatoms. The van der Waals surface area contributed by atoms with Crippen LogP contribution in [0.1, 0.15) is 5.56 Å². The van der Waals surface area contributed by atoms with Crippen molar-refractivity contribution in [3.63, 3.8) is 0 Å². The average molecular weight is 433 g/mol. The summed E-state index contributed by atoms with van der Waals surface area (Å²) in [5.74, 6) is 0. The normalized spacial score (nSPS) is 11.4. The third-order valence-corrected chi connectivity index (χ3v) is 6.59. The van der Waals surface area contributed by atoms with E-state index in [0.717, 1.165) is 0 Å². The van der Waals surface area contributed by atoms with Gasteiger partial charge >= 0.3 is 89.1 Å². The molecule has 0 aromatic heterocycles. The van der Waals surface area contributed by atoms with Crippen LogP contribution in [0.3, 0.4) is 0 Å². The van der Waals surface area contributed by atoms with E-state index in [-0.39, 0.29) is 0 Å². The van der Waals surface area contributed by atoms with Crippen molar-refractivity contribution in [3.8, 4) is 0 Å². The molecule has 0 amide bonds. The maximum absolute atomic E-state index is 5.46. The zero-order chi connectivity index (χ0) is 8.27. The molecule has 0 heterocycles. The quantitative estimate of drug-likeness (QED) is 0.759. The second kappa shape index (κ2) is 5.19. The van der Waals surface area contributed by atoms with E-state index in [1.54, 1.807) is 0 Å². The summed E-state index contributed by atoms with van der Waals surface area (Å²) in [6.45, 7) is 0.622. The fourth-order valence-corrected chi connectivity index (χ4v) is 3.72. The number of benzene rings is 1. The number of halogens is 2. The first-order valence-corrected chi connectivity index (χ1v) is 12.1. The van der Waals surface area contributed by atoms with Gasteiger partial charge in [0.15, 0.2) is 0 Å². The van der Waals surface area contributed by atoms with Crippen LogP contribution in [0.4, 0.5) is 0 Å². The van der Waals surface area contributed by atoms with Gasteiger partial charge in [0.1, 0.15) is 0 Å². The Labute approximate surface area is 87.5 Å². The van der Waals surface area contributed by atoms with Crippen molar-refractivity contribution in [1.29, 1.82) is 0 Å². The van der Waals surface area contributed by atoms with Gasteiger partial charge in [0.05, 0.1) is 0 Å². The molecule has 1 aromatic rings. The zero-order valence-corrected chi connectivity index (χ0v) is 10.7. The van der Waals surface area contributed by atoms with Crippen LogP contribution < -0.4 is 7.46 Å². The minimum atomic E-state index is -0.976. The van der Waals surface area contributed by atoms with Crippen molar-refractivity contribution >= 4 is 21.3 Å². The van der Waals surface area contributed by atoms with Crippen molar-refractivity contribution in [3.05, 3.63) is 29.8 Å². The summed E-state index contributed by atoms with van der Waals surface area (Å²) in [6.07, 6.45) is 0.